The van der Waals surface area contributed by atoms with Gasteiger partial charge >= 0.3 is 0 Å². The standard InChI is InChI=1S/C15H18N2O2S2/c1-11-16-8-13(21-11)9-17-4-5-19-10-12(17)7-14(18)15-3-2-6-20-15/h2-3,6,8,12H,4-5,7,9-10H2,1H3/t12-/m1/s1. The molecule has 0 N–H and O–H groups in total. The van der Waals surface area contributed by atoms with Crippen LogP contribution in [0, 0.1) is 6.92 Å². The van der Waals surface area contributed by atoms with Crippen molar-refractivity contribution < 1.29 is 9.53 Å². The molecule has 2 aromatic rings. The minimum atomic E-state index is 0.163. The highest BCUT2D eigenvalue weighted by molar-refractivity contribution is 7.12. The van der Waals surface area contributed by atoms with Gasteiger partial charge in [-0.3, -0.25) is 9.69 Å². The van der Waals surface area contributed by atoms with Gasteiger partial charge in [-0.1, -0.05) is 6.07 Å². The van der Waals surface area contributed by atoms with Gasteiger partial charge in [-0.2, -0.15) is 0 Å². The number of thiazole rings is 1. The predicted octanol–water partition coefficient (Wildman–Crippen LogP) is 2.99. The molecule has 0 saturated carbocycles. The molecule has 0 amide bonds. The second-order valence-corrected chi connectivity index (χ2v) is 7.42. The van der Waals surface area contributed by atoms with Crippen LogP contribution >= 0.6 is 22.7 Å². The summed E-state index contributed by atoms with van der Waals surface area (Å²) < 4.78 is 5.57. The highest BCUT2D eigenvalue weighted by Crippen LogP contribution is 2.21. The number of morpholine rings is 1. The van der Waals surface area contributed by atoms with Crippen molar-refractivity contribution in [3.05, 3.63) is 38.5 Å². The number of hydrogen-bond acceptors (Lipinski definition) is 6. The smallest absolute Gasteiger partial charge is 0.174 e. The molecule has 21 heavy (non-hydrogen) atoms. The lowest BCUT2D eigenvalue weighted by atomic mass is 10.1. The molecule has 1 fully saturated rings. The Morgan fingerprint density at radius 2 is 2.48 bits per heavy atom. The van der Waals surface area contributed by atoms with E-state index in [1.54, 1.807) is 11.3 Å². The Labute approximate surface area is 132 Å². The normalized spacial score (nSPS) is 19.8. The van der Waals surface area contributed by atoms with Crippen LogP contribution < -0.4 is 0 Å². The molecule has 6 heteroatoms. The zero-order valence-corrected chi connectivity index (χ0v) is 13.6. The summed E-state index contributed by atoms with van der Waals surface area (Å²) in [6, 6.07) is 3.98. The van der Waals surface area contributed by atoms with Gasteiger partial charge < -0.3 is 4.74 Å². The van der Waals surface area contributed by atoms with Crippen molar-refractivity contribution in [1.29, 1.82) is 0 Å². The van der Waals surface area contributed by atoms with Crippen molar-refractivity contribution >= 4 is 28.5 Å². The Morgan fingerprint density at radius 1 is 1.57 bits per heavy atom. The molecule has 1 saturated heterocycles. The Bertz CT molecular complexity index is 595. The summed E-state index contributed by atoms with van der Waals surface area (Å²) in [4.78, 5) is 21.0. The average molecular weight is 322 g/mol. The third-order valence-electron chi connectivity index (χ3n) is 3.59. The number of aryl methyl sites for hydroxylation is 1. The first-order valence-electron chi connectivity index (χ1n) is 7.02. The number of nitrogens with zero attached hydrogens (tertiary/aromatic N) is 2. The molecule has 0 aliphatic carbocycles. The fourth-order valence-corrected chi connectivity index (χ4v) is 4.01. The van der Waals surface area contributed by atoms with Crippen LogP contribution in [-0.2, 0) is 11.3 Å². The van der Waals surface area contributed by atoms with E-state index in [1.165, 1.54) is 16.2 Å². The Hall–Kier alpha value is -1.08. The molecule has 0 bridgehead atoms. The fourth-order valence-electron chi connectivity index (χ4n) is 2.52. The second-order valence-electron chi connectivity index (χ2n) is 5.15. The molecule has 0 aromatic carbocycles. The Morgan fingerprint density at radius 3 is 3.19 bits per heavy atom. The summed E-state index contributed by atoms with van der Waals surface area (Å²) >= 11 is 3.23. The van der Waals surface area contributed by atoms with Crippen molar-refractivity contribution in [3.63, 3.8) is 0 Å². The van der Waals surface area contributed by atoms with Crippen molar-refractivity contribution in [2.75, 3.05) is 19.8 Å². The van der Waals surface area contributed by atoms with Crippen LogP contribution in [0.15, 0.2) is 23.7 Å². The Balaban J connectivity index is 1.65. The van der Waals surface area contributed by atoms with Gasteiger partial charge in [0.2, 0.25) is 0 Å². The van der Waals surface area contributed by atoms with Crippen LogP contribution in [0.1, 0.15) is 26.0 Å². The lowest BCUT2D eigenvalue weighted by molar-refractivity contribution is -0.0121. The van der Waals surface area contributed by atoms with Gasteiger partial charge in [0.05, 0.1) is 23.1 Å². The Kier molecular flexibility index (Phi) is 4.80. The summed E-state index contributed by atoms with van der Waals surface area (Å²) in [6.45, 7) is 5.12. The number of thiophene rings is 1. The molecular formula is C15H18N2O2S2. The summed E-state index contributed by atoms with van der Waals surface area (Å²) in [5.41, 5.74) is 0. The summed E-state index contributed by atoms with van der Waals surface area (Å²) in [6.07, 6.45) is 2.46. The first-order valence-corrected chi connectivity index (χ1v) is 8.72. The third-order valence-corrected chi connectivity index (χ3v) is 5.40. The number of ketones is 1. The fraction of sp³-hybridized carbons (Fsp3) is 0.467. The number of carbonyl (C=O) groups excluding carboxylic acids is 1. The minimum Gasteiger partial charge on any atom is -0.378 e. The zero-order valence-electron chi connectivity index (χ0n) is 11.9. The maximum absolute atomic E-state index is 12.3. The molecule has 112 valence electrons. The van der Waals surface area contributed by atoms with Crippen LogP contribution in [0.5, 0.6) is 0 Å². The van der Waals surface area contributed by atoms with Crippen LogP contribution in [0.2, 0.25) is 0 Å². The van der Waals surface area contributed by atoms with Crippen molar-refractivity contribution in [1.82, 2.24) is 9.88 Å². The number of ether oxygens (including phenoxy) is 1. The van der Waals surface area contributed by atoms with E-state index in [0.29, 0.717) is 13.0 Å². The van der Waals surface area contributed by atoms with Gasteiger partial charge in [0.25, 0.3) is 0 Å². The molecule has 1 aliphatic heterocycles. The number of rotatable bonds is 5. The van der Waals surface area contributed by atoms with Crippen molar-refractivity contribution in [3.8, 4) is 0 Å². The lowest BCUT2D eigenvalue weighted by Gasteiger charge is -2.34. The van der Waals surface area contributed by atoms with Crippen molar-refractivity contribution in [2.24, 2.45) is 0 Å². The molecule has 2 aromatic heterocycles. The number of aromatic nitrogens is 1. The first kappa shape index (κ1) is 14.8. The zero-order chi connectivity index (χ0) is 14.7. The monoisotopic (exact) mass is 322 g/mol. The molecular weight excluding hydrogens is 304 g/mol. The van der Waals surface area contributed by atoms with E-state index < -0.39 is 0 Å². The van der Waals surface area contributed by atoms with E-state index in [-0.39, 0.29) is 11.8 Å². The summed E-state index contributed by atoms with van der Waals surface area (Å²) in [5.74, 6) is 0.214. The third kappa shape index (κ3) is 3.77. The quantitative estimate of drug-likeness (QED) is 0.794. The van der Waals surface area contributed by atoms with Crippen LogP contribution in [0.3, 0.4) is 0 Å². The van der Waals surface area contributed by atoms with Crippen molar-refractivity contribution in [2.45, 2.75) is 25.9 Å². The van der Waals surface area contributed by atoms with Crippen LogP contribution in [-0.4, -0.2) is 41.5 Å². The molecule has 1 atom stereocenters. The average Bonchev–Trinajstić information content (AvgIpc) is 3.13. The van der Waals surface area contributed by atoms with E-state index in [2.05, 4.69) is 9.88 Å². The highest BCUT2D eigenvalue weighted by Gasteiger charge is 2.26. The summed E-state index contributed by atoms with van der Waals surface area (Å²) in [5, 5.41) is 3.03. The molecule has 1 aliphatic rings. The highest BCUT2D eigenvalue weighted by atomic mass is 32.1. The molecule has 0 radical (unpaired) electrons. The number of Topliss-reactive ketones (excluding diaryl/α,β-unsaturated/α-hetero) is 1. The van der Waals surface area contributed by atoms with E-state index in [1.807, 2.05) is 30.6 Å². The van der Waals surface area contributed by atoms with Gasteiger partial charge in [-0.25, -0.2) is 4.98 Å². The number of hydrogen-bond donors (Lipinski definition) is 0. The van der Waals surface area contributed by atoms with Gasteiger partial charge in [-0.15, -0.1) is 22.7 Å². The minimum absolute atomic E-state index is 0.163. The molecule has 0 spiro atoms. The summed E-state index contributed by atoms with van der Waals surface area (Å²) in [7, 11) is 0. The van der Waals surface area contributed by atoms with Crippen LogP contribution in [0.25, 0.3) is 0 Å². The maximum Gasteiger partial charge on any atom is 0.174 e. The molecule has 3 heterocycles. The maximum atomic E-state index is 12.3. The SMILES string of the molecule is Cc1ncc(CN2CCOC[C@H]2CC(=O)c2cccs2)s1. The lowest BCUT2D eigenvalue weighted by Crippen LogP contribution is -2.45. The molecule has 3 rings (SSSR count). The second kappa shape index (κ2) is 6.79. The molecule has 0 unspecified atom stereocenters. The van der Waals surface area contributed by atoms with Gasteiger partial charge in [0, 0.05) is 36.6 Å². The first-order chi connectivity index (χ1) is 10.2. The number of carbonyl (C=O) groups is 1. The van der Waals surface area contributed by atoms with E-state index in [4.69, 9.17) is 4.74 Å². The van der Waals surface area contributed by atoms with E-state index in [9.17, 15) is 4.79 Å². The largest absolute Gasteiger partial charge is 0.378 e. The van der Waals surface area contributed by atoms with Gasteiger partial charge in [-0.05, 0) is 18.4 Å². The van der Waals surface area contributed by atoms with E-state index in [0.717, 1.165) is 29.6 Å². The van der Waals surface area contributed by atoms with Gasteiger partial charge in [0.15, 0.2) is 5.78 Å². The molecule has 4 nitrogen and oxygen atoms in total. The topological polar surface area (TPSA) is 42.4 Å². The van der Waals surface area contributed by atoms with E-state index >= 15 is 0 Å². The van der Waals surface area contributed by atoms with Crippen LogP contribution in [0.4, 0.5) is 0 Å². The van der Waals surface area contributed by atoms with Gasteiger partial charge in [0.1, 0.15) is 0 Å². The predicted molar refractivity (Wildman–Crippen MR) is 85.1 cm³/mol.